The Morgan fingerprint density at radius 1 is 1.46 bits per heavy atom. The van der Waals surface area contributed by atoms with Gasteiger partial charge in [0.1, 0.15) is 5.75 Å². The summed E-state index contributed by atoms with van der Waals surface area (Å²) in [6.45, 7) is 0. The van der Waals surface area contributed by atoms with E-state index in [4.69, 9.17) is 5.73 Å². The predicted molar refractivity (Wildman–Crippen MR) is 55.7 cm³/mol. The second-order valence-corrected chi connectivity index (χ2v) is 4.35. The highest BCUT2D eigenvalue weighted by molar-refractivity contribution is 9.10. The number of fused-ring (bicyclic) bond motifs is 1. The lowest BCUT2D eigenvalue weighted by molar-refractivity contribution is 0.469. The average molecular weight is 242 g/mol. The summed E-state index contributed by atoms with van der Waals surface area (Å²) in [6, 6.07) is 3.60. The molecule has 0 spiro atoms. The van der Waals surface area contributed by atoms with Crippen LogP contribution in [-0.4, -0.2) is 5.11 Å². The van der Waals surface area contributed by atoms with Gasteiger partial charge in [0.25, 0.3) is 0 Å². The maximum atomic E-state index is 9.40. The van der Waals surface area contributed by atoms with Crippen LogP contribution < -0.4 is 5.73 Å². The number of halogens is 1. The van der Waals surface area contributed by atoms with Gasteiger partial charge in [0, 0.05) is 10.5 Å². The van der Waals surface area contributed by atoms with Crippen molar-refractivity contribution in [1.82, 2.24) is 0 Å². The molecule has 13 heavy (non-hydrogen) atoms. The number of hydrogen-bond donors (Lipinski definition) is 2. The molecule has 1 aromatic rings. The van der Waals surface area contributed by atoms with Gasteiger partial charge < -0.3 is 10.8 Å². The zero-order valence-electron chi connectivity index (χ0n) is 7.26. The van der Waals surface area contributed by atoms with Crippen LogP contribution in [0.4, 0.5) is 0 Å². The van der Waals surface area contributed by atoms with Crippen LogP contribution in [0.1, 0.15) is 30.0 Å². The van der Waals surface area contributed by atoms with E-state index in [-0.39, 0.29) is 6.04 Å². The molecule has 0 aliphatic heterocycles. The second kappa shape index (κ2) is 3.31. The third kappa shape index (κ3) is 1.58. The molecule has 0 saturated carbocycles. The summed E-state index contributed by atoms with van der Waals surface area (Å²) in [7, 11) is 0. The highest BCUT2D eigenvalue weighted by Gasteiger charge is 2.19. The fraction of sp³-hybridized carbons (Fsp3) is 0.400. The van der Waals surface area contributed by atoms with Crippen LogP contribution in [0.2, 0.25) is 0 Å². The van der Waals surface area contributed by atoms with E-state index in [9.17, 15) is 5.11 Å². The fourth-order valence-corrected chi connectivity index (χ4v) is 2.55. The molecule has 1 aliphatic carbocycles. The van der Waals surface area contributed by atoms with E-state index in [2.05, 4.69) is 15.9 Å². The molecule has 0 fully saturated rings. The van der Waals surface area contributed by atoms with E-state index in [0.29, 0.717) is 5.75 Å². The molecule has 0 aromatic heterocycles. The van der Waals surface area contributed by atoms with Crippen LogP contribution in [-0.2, 0) is 6.42 Å². The number of rotatable bonds is 0. The molecule has 3 N–H and O–H groups in total. The lowest BCUT2D eigenvalue weighted by Crippen LogP contribution is -2.17. The van der Waals surface area contributed by atoms with Crippen molar-refractivity contribution >= 4 is 15.9 Å². The minimum atomic E-state index is 0.0900. The number of phenolic OH excluding ortho intramolecular Hbond substituents is 1. The first kappa shape index (κ1) is 9.03. The highest BCUT2D eigenvalue weighted by atomic mass is 79.9. The molecule has 0 amide bonds. The molecule has 0 saturated heterocycles. The molecule has 1 aliphatic rings. The predicted octanol–water partition coefficient (Wildman–Crippen LogP) is 2.49. The van der Waals surface area contributed by atoms with Crippen molar-refractivity contribution in [2.75, 3.05) is 0 Å². The van der Waals surface area contributed by atoms with Gasteiger partial charge in [-0.1, -0.05) is 15.9 Å². The van der Waals surface area contributed by atoms with Gasteiger partial charge >= 0.3 is 0 Å². The van der Waals surface area contributed by atoms with E-state index < -0.39 is 0 Å². The van der Waals surface area contributed by atoms with Crippen LogP contribution >= 0.6 is 15.9 Å². The number of nitrogens with two attached hydrogens (primary N) is 1. The SMILES string of the molecule is N[C@@H]1CCCc2c(Br)cc(O)cc21. The van der Waals surface area contributed by atoms with Gasteiger partial charge in [-0.3, -0.25) is 0 Å². The van der Waals surface area contributed by atoms with E-state index in [1.807, 2.05) is 0 Å². The molecule has 2 rings (SSSR count). The maximum absolute atomic E-state index is 9.40. The third-order valence-corrected chi connectivity index (χ3v) is 3.26. The van der Waals surface area contributed by atoms with Crippen LogP contribution in [0, 0.1) is 0 Å². The summed E-state index contributed by atoms with van der Waals surface area (Å²) in [6.07, 6.45) is 3.21. The maximum Gasteiger partial charge on any atom is 0.117 e. The zero-order chi connectivity index (χ0) is 9.42. The number of hydrogen-bond acceptors (Lipinski definition) is 2. The van der Waals surface area contributed by atoms with E-state index in [0.717, 1.165) is 29.3 Å². The molecule has 3 heteroatoms. The van der Waals surface area contributed by atoms with Crippen LogP contribution in [0.3, 0.4) is 0 Å². The first-order valence-corrected chi connectivity index (χ1v) is 5.24. The largest absolute Gasteiger partial charge is 0.508 e. The van der Waals surface area contributed by atoms with Crippen molar-refractivity contribution in [3.8, 4) is 5.75 Å². The minimum Gasteiger partial charge on any atom is -0.508 e. The van der Waals surface area contributed by atoms with E-state index >= 15 is 0 Å². The lowest BCUT2D eigenvalue weighted by atomic mass is 9.88. The van der Waals surface area contributed by atoms with Gasteiger partial charge in [0.05, 0.1) is 0 Å². The molecule has 0 bridgehead atoms. The number of benzene rings is 1. The smallest absolute Gasteiger partial charge is 0.117 e. The van der Waals surface area contributed by atoms with E-state index in [1.165, 1.54) is 5.56 Å². The van der Waals surface area contributed by atoms with Gasteiger partial charge in [-0.25, -0.2) is 0 Å². The van der Waals surface area contributed by atoms with E-state index in [1.54, 1.807) is 12.1 Å². The Morgan fingerprint density at radius 3 is 3.00 bits per heavy atom. The Balaban J connectivity index is 2.56. The third-order valence-electron chi connectivity index (χ3n) is 2.56. The van der Waals surface area contributed by atoms with Crippen molar-refractivity contribution in [2.45, 2.75) is 25.3 Å². The molecule has 0 radical (unpaired) electrons. The van der Waals surface area contributed by atoms with Crippen molar-refractivity contribution < 1.29 is 5.11 Å². The summed E-state index contributed by atoms with van der Waals surface area (Å²) in [5.74, 6) is 0.294. The molecule has 1 atom stereocenters. The van der Waals surface area contributed by atoms with Gasteiger partial charge in [-0.05, 0) is 42.5 Å². The average Bonchev–Trinajstić information content (AvgIpc) is 2.07. The number of aromatic hydroxyl groups is 1. The fourth-order valence-electron chi connectivity index (χ4n) is 1.89. The number of phenols is 1. The van der Waals surface area contributed by atoms with Gasteiger partial charge in [-0.2, -0.15) is 0 Å². The van der Waals surface area contributed by atoms with Crippen molar-refractivity contribution in [1.29, 1.82) is 0 Å². The normalized spacial score (nSPS) is 21.2. The van der Waals surface area contributed by atoms with Gasteiger partial charge in [-0.15, -0.1) is 0 Å². The van der Waals surface area contributed by atoms with Crippen LogP contribution in [0.5, 0.6) is 5.75 Å². The summed E-state index contributed by atoms with van der Waals surface area (Å²) in [4.78, 5) is 0. The monoisotopic (exact) mass is 241 g/mol. The second-order valence-electron chi connectivity index (χ2n) is 3.49. The van der Waals surface area contributed by atoms with Crippen molar-refractivity contribution in [2.24, 2.45) is 5.73 Å². The summed E-state index contributed by atoms with van der Waals surface area (Å²) in [5.41, 5.74) is 8.31. The van der Waals surface area contributed by atoms with Crippen LogP contribution in [0.15, 0.2) is 16.6 Å². The topological polar surface area (TPSA) is 46.2 Å². The molecule has 0 heterocycles. The molecule has 2 nitrogen and oxygen atoms in total. The Kier molecular flexibility index (Phi) is 2.30. The molecular weight excluding hydrogens is 230 g/mol. The lowest BCUT2D eigenvalue weighted by Gasteiger charge is -2.23. The molecule has 70 valence electrons. The molecular formula is C10H12BrNO. The zero-order valence-corrected chi connectivity index (χ0v) is 8.84. The quantitative estimate of drug-likeness (QED) is 0.734. The Bertz CT molecular complexity index is 338. The van der Waals surface area contributed by atoms with Gasteiger partial charge in [0.15, 0.2) is 0 Å². The summed E-state index contributed by atoms with van der Waals surface area (Å²) >= 11 is 3.44. The van der Waals surface area contributed by atoms with Crippen molar-refractivity contribution in [3.63, 3.8) is 0 Å². The Labute approximate surface area is 85.9 Å². The summed E-state index contributed by atoms with van der Waals surface area (Å²) < 4.78 is 0.984. The standard InChI is InChI=1S/C10H12BrNO/c11-9-5-6(13)4-8-7(9)2-1-3-10(8)12/h4-5,10,13H,1-3,12H2/t10-/m1/s1. The first-order chi connectivity index (χ1) is 6.18. The molecule has 0 unspecified atom stereocenters. The van der Waals surface area contributed by atoms with Crippen LogP contribution in [0.25, 0.3) is 0 Å². The Morgan fingerprint density at radius 2 is 2.23 bits per heavy atom. The Hall–Kier alpha value is -0.540. The molecule has 1 aromatic carbocycles. The van der Waals surface area contributed by atoms with Gasteiger partial charge in [0.2, 0.25) is 0 Å². The summed E-state index contributed by atoms with van der Waals surface area (Å²) in [5, 5.41) is 9.40. The highest BCUT2D eigenvalue weighted by Crippen LogP contribution is 2.35. The minimum absolute atomic E-state index is 0.0900. The van der Waals surface area contributed by atoms with Crippen molar-refractivity contribution in [3.05, 3.63) is 27.7 Å². The first-order valence-electron chi connectivity index (χ1n) is 4.45.